The summed E-state index contributed by atoms with van der Waals surface area (Å²) in [5.74, 6) is -0.156. The first kappa shape index (κ1) is 30.9. The second kappa shape index (κ2) is 12.8. The third-order valence-corrected chi connectivity index (χ3v) is 9.09. The molecule has 0 saturated heterocycles. The fraction of sp³-hybridized carbons (Fsp3) is 0.237. The Bertz CT molecular complexity index is 1970. The van der Waals surface area contributed by atoms with Gasteiger partial charge in [0.1, 0.15) is 12.0 Å². The number of aryl methyl sites for hydroxylation is 1. The van der Waals surface area contributed by atoms with Crippen molar-refractivity contribution in [2.24, 2.45) is 0 Å². The van der Waals surface area contributed by atoms with E-state index in [-0.39, 0.29) is 36.3 Å². The van der Waals surface area contributed by atoms with E-state index in [1.54, 1.807) is 53.4 Å². The first-order chi connectivity index (χ1) is 23.2. The zero-order chi connectivity index (χ0) is 33.4. The van der Waals surface area contributed by atoms with E-state index in [0.717, 1.165) is 41.4 Å². The average molecular weight is 643 g/mol. The Morgan fingerprint density at radius 1 is 0.938 bits per heavy atom. The van der Waals surface area contributed by atoms with Gasteiger partial charge < -0.3 is 25.2 Å². The zero-order valence-corrected chi connectivity index (χ0v) is 26.5. The third-order valence-electron chi connectivity index (χ3n) is 9.09. The Morgan fingerprint density at radius 3 is 2.46 bits per heavy atom. The van der Waals surface area contributed by atoms with Gasteiger partial charge in [0.05, 0.1) is 5.69 Å². The van der Waals surface area contributed by atoms with Gasteiger partial charge in [0.25, 0.3) is 23.6 Å². The molecular weight excluding hydrogens is 608 g/mol. The number of amides is 4. The molecule has 1 fully saturated rings. The molecule has 0 spiro atoms. The van der Waals surface area contributed by atoms with E-state index in [4.69, 9.17) is 4.74 Å². The minimum Gasteiger partial charge on any atom is -0.482 e. The largest absolute Gasteiger partial charge is 0.482 e. The Labute approximate surface area is 277 Å². The van der Waals surface area contributed by atoms with E-state index in [0.29, 0.717) is 65.4 Å². The molecule has 7 rings (SSSR count). The molecule has 0 aromatic heterocycles. The Hall–Kier alpha value is -5.77. The van der Waals surface area contributed by atoms with Crippen LogP contribution in [0.1, 0.15) is 76.5 Å². The minimum absolute atomic E-state index is 0.0730. The SMILES string of the molecule is Cc1cc(C(=O)N2CCc3cc(NC(=O)c4ccc(CN(C(=O)c5ccc6c(c5)OCC(=O)N6)C5CC5)cc4)ccc3C2)ccc1C=O. The highest BCUT2D eigenvalue weighted by Crippen LogP contribution is 2.33. The van der Waals surface area contributed by atoms with Gasteiger partial charge in [-0.1, -0.05) is 24.3 Å². The van der Waals surface area contributed by atoms with Crippen LogP contribution in [-0.4, -0.2) is 58.9 Å². The number of ether oxygens (including phenoxy) is 1. The van der Waals surface area contributed by atoms with Gasteiger partial charge in [-0.05, 0) is 103 Å². The Balaban J connectivity index is 0.972. The molecule has 1 aliphatic carbocycles. The lowest BCUT2D eigenvalue weighted by atomic mass is 9.97. The van der Waals surface area contributed by atoms with Crippen molar-refractivity contribution < 1.29 is 28.7 Å². The van der Waals surface area contributed by atoms with Gasteiger partial charge >= 0.3 is 0 Å². The maximum absolute atomic E-state index is 13.5. The average Bonchev–Trinajstić information content (AvgIpc) is 3.95. The number of carbonyl (C=O) groups excluding carboxylic acids is 5. The predicted molar refractivity (Wildman–Crippen MR) is 179 cm³/mol. The molecular formula is C38H34N4O6. The van der Waals surface area contributed by atoms with Crippen molar-refractivity contribution in [3.63, 3.8) is 0 Å². The third kappa shape index (κ3) is 6.42. The number of anilines is 2. The molecule has 242 valence electrons. The molecule has 4 aromatic carbocycles. The van der Waals surface area contributed by atoms with Crippen molar-refractivity contribution in [2.75, 3.05) is 23.8 Å². The molecule has 0 bridgehead atoms. The summed E-state index contributed by atoms with van der Waals surface area (Å²) in [6.45, 7) is 3.18. The summed E-state index contributed by atoms with van der Waals surface area (Å²) in [4.78, 5) is 66.2. The van der Waals surface area contributed by atoms with Crippen molar-refractivity contribution in [1.82, 2.24) is 9.80 Å². The molecule has 48 heavy (non-hydrogen) atoms. The molecule has 4 aromatic rings. The van der Waals surface area contributed by atoms with Gasteiger partial charge in [-0.2, -0.15) is 0 Å². The van der Waals surface area contributed by atoms with E-state index in [1.165, 1.54) is 0 Å². The summed E-state index contributed by atoms with van der Waals surface area (Å²) >= 11 is 0. The second-order valence-corrected chi connectivity index (χ2v) is 12.5. The quantitative estimate of drug-likeness (QED) is 0.248. The van der Waals surface area contributed by atoms with Crippen molar-refractivity contribution in [3.8, 4) is 5.75 Å². The van der Waals surface area contributed by atoms with Crippen LogP contribution in [0.3, 0.4) is 0 Å². The van der Waals surface area contributed by atoms with Crippen molar-refractivity contribution in [1.29, 1.82) is 0 Å². The Kier molecular flexibility index (Phi) is 8.22. The smallest absolute Gasteiger partial charge is 0.262 e. The maximum Gasteiger partial charge on any atom is 0.262 e. The molecule has 2 N–H and O–H groups in total. The van der Waals surface area contributed by atoms with E-state index in [2.05, 4.69) is 10.6 Å². The molecule has 4 amide bonds. The van der Waals surface area contributed by atoms with Crippen LogP contribution in [0.4, 0.5) is 11.4 Å². The number of rotatable bonds is 8. The number of benzene rings is 4. The number of nitrogens with one attached hydrogen (secondary N) is 2. The zero-order valence-electron chi connectivity index (χ0n) is 26.5. The lowest BCUT2D eigenvalue weighted by Gasteiger charge is -2.29. The summed E-state index contributed by atoms with van der Waals surface area (Å²) in [5, 5.41) is 5.74. The monoisotopic (exact) mass is 642 g/mol. The van der Waals surface area contributed by atoms with Gasteiger partial charge in [0.15, 0.2) is 6.61 Å². The highest BCUT2D eigenvalue weighted by molar-refractivity contribution is 6.04. The first-order valence-corrected chi connectivity index (χ1v) is 16.0. The molecule has 2 heterocycles. The van der Waals surface area contributed by atoms with Crippen LogP contribution in [0.15, 0.2) is 78.9 Å². The van der Waals surface area contributed by atoms with Crippen molar-refractivity contribution in [2.45, 2.75) is 45.3 Å². The van der Waals surface area contributed by atoms with Crippen LogP contribution in [0.5, 0.6) is 5.75 Å². The van der Waals surface area contributed by atoms with Crippen LogP contribution in [-0.2, 0) is 24.3 Å². The molecule has 10 nitrogen and oxygen atoms in total. The molecule has 0 radical (unpaired) electrons. The van der Waals surface area contributed by atoms with E-state index in [1.807, 2.05) is 42.2 Å². The number of hydrogen-bond donors (Lipinski definition) is 2. The van der Waals surface area contributed by atoms with Gasteiger partial charge in [-0.15, -0.1) is 0 Å². The fourth-order valence-electron chi connectivity index (χ4n) is 6.22. The van der Waals surface area contributed by atoms with Gasteiger partial charge in [0, 0.05) is 53.6 Å². The predicted octanol–water partition coefficient (Wildman–Crippen LogP) is 5.39. The summed E-state index contributed by atoms with van der Waals surface area (Å²) in [5.41, 5.74) is 7.17. The molecule has 0 unspecified atom stereocenters. The molecule has 0 atom stereocenters. The molecule has 2 aliphatic heterocycles. The topological polar surface area (TPSA) is 125 Å². The molecule has 3 aliphatic rings. The van der Waals surface area contributed by atoms with Crippen molar-refractivity contribution >= 4 is 41.3 Å². The van der Waals surface area contributed by atoms with Gasteiger partial charge in [-0.25, -0.2) is 0 Å². The van der Waals surface area contributed by atoms with Crippen LogP contribution in [0.25, 0.3) is 0 Å². The summed E-state index contributed by atoms with van der Waals surface area (Å²) in [6, 6.07) is 23.4. The standard InChI is InChI=1S/C38H34N4O6/c1-23-16-27(6-7-30(23)21-43)37(46)41-15-14-26-17-31(10-8-29(26)20-41)39-36(45)25-4-2-24(3-5-25)19-42(32-11-12-32)38(47)28-9-13-33-34(18-28)48-22-35(44)40-33/h2-10,13,16-18,21,32H,11-12,14-15,19-20,22H2,1H3,(H,39,45)(H,40,44). The minimum atomic E-state index is -0.237. The number of nitrogens with zero attached hydrogens (tertiary/aromatic N) is 2. The number of hydrogen-bond acceptors (Lipinski definition) is 6. The van der Waals surface area contributed by atoms with E-state index >= 15 is 0 Å². The first-order valence-electron chi connectivity index (χ1n) is 16.0. The number of fused-ring (bicyclic) bond motifs is 2. The molecule has 10 heteroatoms. The lowest BCUT2D eigenvalue weighted by molar-refractivity contribution is -0.118. The fourth-order valence-corrected chi connectivity index (χ4v) is 6.22. The van der Waals surface area contributed by atoms with E-state index < -0.39 is 0 Å². The van der Waals surface area contributed by atoms with Crippen LogP contribution in [0, 0.1) is 6.92 Å². The normalized spacial score (nSPS) is 14.9. The van der Waals surface area contributed by atoms with Gasteiger partial charge in [-0.3, -0.25) is 24.0 Å². The highest BCUT2D eigenvalue weighted by atomic mass is 16.5. The highest BCUT2D eigenvalue weighted by Gasteiger charge is 2.34. The second-order valence-electron chi connectivity index (χ2n) is 12.5. The van der Waals surface area contributed by atoms with Gasteiger partial charge in [0.2, 0.25) is 0 Å². The lowest BCUT2D eigenvalue weighted by Crippen LogP contribution is -2.36. The molecule has 1 saturated carbocycles. The van der Waals surface area contributed by atoms with Crippen molar-refractivity contribution in [3.05, 3.63) is 123 Å². The van der Waals surface area contributed by atoms with Crippen LogP contribution >= 0.6 is 0 Å². The van der Waals surface area contributed by atoms with Crippen LogP contribution in [0.2, 0.25) is 0 Å². The maximum atomic E-state index is 13.5. The number of aldehydes is 1. The summed E-state index contributed by atoms with van der Waals surface area (Å²) in [7, 11) is 0. The van der Waals surface area contributed by atoms with Crippen LogP contribution < -0.4 is 15.4 Å². The number of carbonyl (C=O) groups is 5. The summed E-state index contributed by atoms with van der Waals surface area (Å²) < 4.78 is 5.50. The summed E-state index contributed by atoms with van der Waals surface area (Å²) in [6.07, 6.45) is 3.33. The van der Waals surface area contributed by atoms with E-state index in [9.17, 15) is 24.0 Å². The Morgan fingerprint density at radius 2 is 1.71 bits per heavy atom.